The molecular formula is C10H12N4O2S. The van der Waals surface area contributed by atoms with Crippen molar-refractivity contribution in [1.29, 1.82) is 0 Å². The van der Waals surface area contributed by atoms with Crippen LogP contribution < -0.4 is 0 Å². The molecule has 2 rings (SSSR count). The molecule has 1 N–H and O–H groups in total. The van der Waals surface area contributed by atoms with E-state index in [1.54, 1.807) is 11.4 Å². The number of carboxylic acids is 1. The molecule has 0 aliphatic rings. The summed E-state index contributed by atoms with van der Waals surface area (Å²) in [5.74, 6) is 0.227. The molecule has 7 heteroatoms. The number of hydrogen-bond donors (Lipinski definition) is 2. The van der Waals surface area contributed by atoms with Crippen LogP contribution in [0.5, 0.6) is 0 Å². The Morgan fingerprint density at radius 2 is 2.12 bits per heavy atom. The molecule has 90 valence electrons. The van der Waals surface area contributed by atoms with Crippen molar-refractivity contribution in [2.45, 2.75) is 31.7 Å². The van der Waals surface area contributed by atoms with Gasteiger partial charge in [0.2, 0.25) is 0 Å². The Morgan fingerprint density at radius 3 is 2.76 bits per heavy atom. The predicted octanol–water partition coefficient (Wildman–Crippen LogP) is 1.05. The van der Waals surface area contributed by atoms with Gasteiger partial charge in [-0.1, -0.05) is 0 Å². The van der Waals surface area contributed by atoms with Crippen LogP contribution in [-0.4, -0.2) is 30.7 Å². The highest BCUT2D eigenvalue weighted by atomic mass is 32.1. The van der Waals surface area contributed by atoms with E-state index in [2.05, 4.69) is 27.7 Å². The highest BCUT2D eigenvalue weighted by molar-refractivity contribution is 7.80. The zero-order chi connectivity index (χ0) is 12.6. The summed E-state index contributed by atoms with van der Waals surface area (Å²) in [4.78, 5) is 19.0. The largest absolute Gasteiger partial charge is 0.481 e. The maximum atomic E-state index is 10.6. The number of nitrogens with zero attached hydrogens (tertiary/aromatic N) is 4. The number of rotatable bonds is 3. The van der Waals surface area contributed by atoms with E-state index in [4.69, 9.17) is 5.11 Å². The summed E-state index contributed by atoms with van der Waals surface area (Å²) >= 11 is 4.36. The summed E-state index contributed by atoms with van der Waals surface area (Å²) in [5.41, 5.74) is 1.55. The summed E-state index contributed by atoms with van der Waals surface area (Å²) in [6, 6.07) is 0. The van der Waals surface area contributed by atoms with Gasteiger partial charge >= 0.3 is 5.97 Å². The summed E-state index contributed by atoms with van der Waals surface area (Å²) in [5, 5.41) is 13.5. The van der Waals surface area contributed by atoms with Crippen molar-refractivity contribution < 1.29 is 9.90 Å². The molecule has 2 aromatic rings. The number of aromatic nitrogens is 4. The second-order valence-corrected chi connectivity index (χ2v) is 4.20. The lowest BCUT2D eigenvalue weighted by molar-refractivity contribution is -0.136. The van der Waals surface area contributed by atoms with Gasteiger partial charge in [-0.2, -0.15) is 9.50 Å². The van der Waals surface area contributed by atoms with Gasteiger partial charge in [-0.25, -0.2) is 4.98 Å². The Bertz CT molecular complexity index is 593. The lowest BCUT2D eigenvalue weighted by Crippen LogP contribution is -2.06. The van der Waals surface area contributed by atoms with E-state index >= 15 is 0 Å². The van der Waals surface area contributed by atoms with Gasteiger partial charge in [0.15, 0.2) is 0 Å². The van der Waals surface area contributed by atoms with Gasteiger partial charge in [-0.05, 0) is 13.8 Å². The smallest absolute Gasteiger partial charge is 0.303 e. The molecule has 0 saturated heterocycles. The minimum absolute atomic E-state index is 0.0460. The lowest BCUT2D eigenvalue weighted by atomic mass is 10.1. The number of carbonyl (C=O) groups is 1. The van der Waals surface area contributed by atoms with E-state index in [1.807, 2.05) is 6.92 Å². The molecule has 0 bridgehead atoms. The first kappa shape index (κ1) is 11.8. The summed E-state index contributed by atoms with van der Waals surface area (Å²) in [6.07, 6.45) is 0.418. The van der Waals surface area contributed by atoms with Gasteiger partial charge in [0.25, 0.3) is 5.78 Å². The summed E-state index contributed by atoms with van der Waals surface area (Å²) < 4.78 is 1.55. The first-order chi connectivity index (χ1) is 7.99. The number of hydrogen-bond acceptors (Lipinski definition) is 5. The molecule has 0 unspecified atom stereocenters. The molecule has 0 atom stereocenters. The van der Waals surface area contributed by atoms with Crippen molar-refractivity contribution >= 4 is 24.4 Å². The standard InChI is InChI=1S/C10H12N4O2S/c1-5-7(3-4-8(15)16)12-10-11-6(2)13-14(10)9(5)17/h17H,3-4H2,1-2H3,(H,15,16). The molecule has 2 heterocycles. The van der Waals surface area contributed by atoms with Gasteiger partial charge < -0.3 is 5.11 Å². The average molecular weight is 252 g/mol. The molecule has 0 spiro atoms. The van der Waals surface area contributed by atoms with E-state index in [0.717, 1.165) is 5.56 Å². The van der Waals surface area contributed by atoms with Crippen LogP contribution in [0, 0.1) is 13.8 Å². The Kier molecular flexibility index (Phi) is 3.01. The maximum absolute atomic E-state index is 10.6. The number of thiol groups is 1. The third kappa shape index (κ3) is 2.23. The van der Waals surface area contributed by atoms with E-state index in [-0.39, 0.29) is 6.42 Å². The van der Waals surface area contributed by atoms with Gasteiger partial charge in [0.1, 0.15) is 10.9 Å². The predicted molar refractivity (Wildman–Crippen MR) is 63.5 cm³/mol. The molecule has 0 fully saturated rings. The Balaban J connectivity index is 2.49. The van der Waals surface area contributed by atoms with Crippen LogP contribution in [0.4, 0.5) is 0 Å². The van der Waals surface area contributed by atoms with E-state index in [0.29, 0.717) is 28.7 Å². The van der Waals surface area contributed by atoms with Crippen molar-refractivity contribution in [1.82, 2.24) is 19.6 Å². The Morgan fingerprint density at radius 1 is 1.41 bits per heavy atom. The number of fused-ring (bicyclic) bond motifs is 1. The van der Waals surface area contributed by atoms with Gasteiger partial charge in [0.05, 0.1) is 12.1 Å². The van der Waals surface area contributed by atoms with Crippen LogP contribution in [0.15, 0.2) is 5.03 Å². The van der Waals surface area contributed by atoms with Gasteiger partial charge in [0, 0.05) is 12.0 Å². The quantitative estimate of drug-likeness (QED) is 0.630. The van der Waals surface area contributed by atoms with Crippen molar-refractivity contribution in [2.24, 2.45) is 0 Å². The molecule has 0 radical (unpaired) electrons. The van der Waals surface area contributed by atoms with E-state index in [9.17, 15) is 4.79 Å². The highest BCUT2D eigenvalue weighted by Gasteiger charge is 2.12. The molecular weight excluding hydrogens is 240 g/mol. The minimum atomic E-state index is -0.843. The van der Waals surface area contributed by atoms with Crippen molar-refractivity contribution in [3.05, 3.63) is 17.1 Å². The van der Waals surface area contributed by atoms with Crippen LogP contribution >= 0.6 is 12.6 Å². The third-order valence-electron chi connectivity index (χ3n) is 2.48. The van der Waals surface area contributed by atoms with Gasteiger partial charge in [-0.3, -0.25) is 4.79 Å². The molecule has 0 aromatic carbocycles. The van der Waals surface area contributed by atoms with Crippen LogP contribution in [0.1, 0.15) is 23.5 Å². The monoisotopic (exact) mass is 252 g/mol. The fourth-order valence-electron chi connectivity index (χ4n) is 1.58. The molecule has 6 nitrogen and oxygen atoms in total. The zero-order valence-electron chi connectivity index (χ0n) is 9.51. The summed E-state index contributed by atoms with van der Waals surface area (Å²) in [6.45, 7) is 3.62. The van der Waals surface area contributed by atoms with Crippen molar-refractivity contribution in [3.63, 3.8) is 0 Å². The first-order valence-electron chi connectivity index (χ1n) is 5.12. The SMILES string of the molecule is Cc1nc2nc(CCC(=O)O)c(C)c(S)n2n1. The molecule has 0 aliphatic carbocycles. The van der Waals surface area contributed by atoms with Crippen LogP contribution in [0.25, 0.3) is 5.78 Å². The summed E-state index contributed by atoms with van der Waals surface area (Å²) in [7, 11) is 0. The molecule has 0 saturated carbocycles. The molecule has 17 heavy (non-hydrogen) atoms. The maximum Gasteiger partial charge on any atom is 0.303 e. The van der Waals surface area contributed by atoms with Crippen LogP contribution in [-0.2, 0) is 11.2 Å². The number of aliphatic carboxylic acids is 1. The highest BCUT2D eigenvalue weighted by Crippen LogP contribution is 2.18. The fourth-order valence-corrected chi connectivity index (χ4v) is 1.84. The molecule has 0 amide bonds. The minimum Gasteiger partial charge on any atom is -0.481 e. The van der Waals surface area contributed by atoms with Crippen molar-refractivity contribution in [3.8, 4) is 0 Å². The molecule has 0 aliphatic heterocycles. The Labute approximate surface area is 103 Å². The zero-order valence-corrected chi connectivity index (χ0v) is 10.4. The fraction of sp³-hybridized carbons (Fsp3) is 0.400. The van der Waals surface area contributed by atoms with E-state index < -0.39 is 5.97 Å². The van der Waals surface area contributed by atoms with Crippen molar-refractivity contribution in [2.75, 3.05) is 0 Å². The van der Waals surface area contributed by atoms with Crippen LogP contribution in [0.3, 0.4) is 0 Å². The lowest BCUT2D eigenvalue weighted by Gasteiger charge is -2.07. The number of carboxylic acid groups (broad SMARTS) is 1. The normalized spacial score (nSPS) is 11.0. The van der Waals surface area contributed by atoms with E-state index in [1.165, 1.54) is 0 Å². The topological polar surface area (TPSA) is 80.4 Å². The molecule has 2 aromatic heterocycles. The number of aryl methyl sites for hydroxylation is 2. The Hall–Kier alpha value is -1.63. The first-order valence-corrected chi connectivity index (χ1v) is 5.57. The second kappa shape index (κ2) is 4.33. The average Bonchev–Trinajstić information content (AvgIpc) is 2.62. The van der Waals surface area contributed by atoms with Gasteiger partial charge in [-0.15, -0.1) is 17.7 Å². The second-order valence-electron chi connectivity index (χ2n) is 3.77. The third-order valence-corrected chi connectivity index (χ3v) is 3.00. The van der Waals surface area contributed by atoms with Crippen LogP contribution in [0.2, 0.25) is 0 Å².